The van der Waals surface area contributed by atoms with Gasteiger partial charge in [0.2, 0.25) is 0 Å². The van der Waals surface area contributed by atoms with Crippen molar-refractivity contribution in [3.63, 3.8) is 0 Å². The zero-order valence-corrected chi connectivity index (χ0v) is 12.2. The molecule has 21 heavy (non-hydrogen) atoms. The molecule has 0 spiro atoms. The number of esters is 1. The molecule has 0 unspecified atom stereocenters. The van der Waals surface area contributed by atoms with E-state index in [-0.39, 0.29) is 17.8 Å². The van der Waals surface area contributed by atoms with E-state index in [4.69, 9.17) is 4.74 Å². The minimum Gasteiger partial charge on any atom is -0.465 e. The molecule has 0 aromatic carbocycles. The van der Waals surface area contributed by atoms with Crippen LogP contribution < -0.4 is 11.2 Å². The van der Waals surface area contributed by atoms with Crippen molar-refractivity contribution in [2.75, 3.05) is 6.61 Å². The van der Waals surface area contributed by atoms with Gasteiger partial charge in [0.25, 0.3) is 5.56 Å². The van der Waals surface area contributed by atoms with Crippen molar-refractivity contribution in [2.24, 2.45) is 0 Å². The number of fused-ring (bicyclic) bond motifs is 1. The quantitative estimate of drug-likeness (QED) is 0.696. The van der Waals surface area contributed by atoms with Gasteiger partial charge >= 0.3 is 11.7 Å². The Kier molecular flexibility index (Phi) is 3.97. The molecule has 0 bridgehead atoms. The van der Waals surface area contributed by atoms with Crippen molar-refractivity contribution in [1.29, 1.82) is 0 Å². The number of hydrogen-bond acceptors (Lipinski definition) is 5. The number of H-pyrrole nitrogens is 3. The second-order valence-corrected chi connectivity index (χ2v) is 4.73. The van der Waals surface area contributed by atoms with Crippen LogP contribution in [0.3, 0.4) is 0 Å². The Morgan fingerprint density at radius 1 is 1.14 bits per heavy atom. The van der Waals surface area contributed by atoms with Gasteiger partial charge in [-0.25, -0.2) is 9.78 Å². The summed E-state index contributed by atoms with van der Waals surface area (Å²) in [6, 6.07) is 0. The fourth-order valence-electron chi connectivity index (χ4n) is 2.40. The number of aromatic nitrogens is 4. The average Bonchev–Trinajstić information content (AvgIpc) is 2.85. The van der Waals surface area contributed by atoms with Crippen molar-refractivity contribution in [3.05, 3.63) is 26.7 Å². The van der Waals surface area contributed by atoms with Gasteiger partial charge in [0.05, 0.1) is 6.61 Å². The standard InChI is InChI=1S/C13H18N4O4/c1-4-13(5-2,11(19)21-6-3)10-14-7-8(15-10)16-12(20)17-9(7)18/h4-6H2,1-3H3,(H3,14,15,16,17,18,20). The number of nitrogens with one attached hydrogen (secondary N) is 3. The molecule has 0 fully saturated rings. The summed E-state index contributed by atoms with van der Waals surface area (Å²) in [6.07, 6.45) is 0.925. The number of carbonyl (C=O) groups is 1. The van der Waals surface area contributed by atoms with Crippen molar-refractivity contribution in [2.45, 2.75) is 39.0 Å². The Labute approximate surface area is 119 Å². The van der Waals surface area contributed by atoms with Crippen LogP contribution in [-0.4, -0.2) is 32.5 Å². The van der Waals surface area contributed by atoms with Crippen LogP contribution in [0.5, 0.6) is 0 Å². The molecule has 2 rings (SSSR count). The maximum atomic E-state index is 12.3. The predicted octanol–water partition coefficient (Wildman–Crippen LogP) is 0.560. The summed E-state index contributed by atoms with van der Waals surface area (Å²) >= 11 is 0. The summed E-state index contributed by atoms with van der Waals surface area (Å²) in [4.78, 5) is 47.0. The van der Waals surface area contributed by atoms with Crippen LogP contribution in [0.1, 0.15) is 39.4 Å². The Balaban J connectivity index is 2.66. The number of carbonyl (C=O) groups excluding carboxylic acids is 1. The average molecular weight is 294 g/mol. The molecule has 0 aliphatic rings. The Morgan fingerprint density at radius 2 is 1.81 bits per heavy atom. The molecule has 114 valence electrons. The number of aromatic amines is 3. The highest BCUT2D eigenvalue weighted by Gasteiger charge is 2.41. The van der Waals surface area contributed by atoms with Gasteiger partial charge in [-0.3, -0.25) is 19.6 Å². The van der Waals surface area contributed by atoms with Crippen molar-refractivity contribution in [1.82, 2.24) is 19.9 Å². The summed E-state index contributed by atoms with van der Waals surface area (Å²) in [7, 11) is 0. The number of nitrogens with zero attached hydrogens (tertiary/aromatic N) is 1. The van der Waals surface area contributed by atoms with E-state index >= 15 is 0 Å². The molecule has 0 radical (unpaired) electrons. The highest BCUT2D eigenvalue weighted by molar-refractivity contribution is 5.83. The molecule has 2 aromatic heterocycles. The summed E-state index contributed by atoms with van der Waals surface area (Å²) in [5.74, 6) is -0.0684. The van der Waals surface area contributed by atoms with Gasteiger partial charge < -0.3 is 9.72 Å². The fourth-order valence-corrected chi connectivity index (χ4v) is 2.40. The van der Waals surface area contributed by atoms with Crippen molar-refractivity contribution < 1.29 is 9.53 Å². The van der Waals surface area contributed by atoms with Gasteiger partial charge in [0.15, 0.2) is 5.65 Å². The lowest BCUT2D eigenvalue weighted by Crippen LogP contribution is -2.37. The van der Waals surface area contributed by atoms with E-state index in [0.717, 1.165) is 0 Å². The largest absolute Gasteiger partial charge is 0.465 e. The minimum absolute atomic E-state index is 0.134. The zero-order valence-electron chi connectivity index (χ0n) is 12.2. The zero-order chi connectivity index (χ0) is 15.6. The molecule has 0 aliphatic carbocycles. The summed E-state index contributed by atoms with van der Waals surface area (Å²) < 4.78 is 5.14. The molecule has 0 saturated carbocycles. The van der Waals surface area contributed by atoms with Crippen LogP contribution >= 0.6 is 0 Å². The van der Waals surface area contributed by atoms with E-state index < -0.39 is 22.6 Å². The molecule has 8 heteroatoms. The lowest BCUT2D eigenvalue weighted by Gasteiger charge is -2.26. The van der Waals surface area contributed by atoms with E-state index in [0.29, 0.717) is 18.7 Å². The first-order valence-corrected chi connectivity index (χ1v) is 6.88. The minimum atomic E-state index is -0.960. The third-order valence-electron chi connectivity index (χ3n) is 3.72. The van der Waals surface area contributed by atoms with Crippen LogP contribution in [0.2, 0.25) is 0 Å². The van der Waals surface area contributed by atoms with Gasteiger partial charge in [0, 0.05) is 0 Å². The molecular formula is C13H18N4O4. The number of hydrogen-bond donors (Lipinski definition) is 3. The summed E-state index contributed by atoms with van der Waals surface area (Å²) in [5, 5.41) is 0. The first kappa shape index (κ1) is 15.0. The van der Waals surface area contributed by atoms with E-state index in [9.17, 15) is 14.4 Å². The molecule has 2 aromatic rings. The monoisotopic (exact) mass is 294 g/mol. The van der Waals surface area contributed by atoms with Crippen LogP contribution in [0.25, 0.3) is 11.2 Å². The molecular weight excluding hydrogens is 276 g/mol. The van der Waals surface area contributed by atoms with Crippen molar-refractivity contribution in [3.8, 4) is 0 Å². The number of ether oxygens (including phenoxy) is 1. The van der Waals surface area contributed by atoms with E-state index in [1.54, 1.807) is 6.92 Å². The van der Waals surface area contributed by atoms with E-state index in [1.165, 1.54) is 0 Å². The van der Waals surface area contributed by atoms with Gasteiger partial charge in [-0.15, -0.1) is 0 Å². The molecule has 0 aliphatic heterocycles. The van der Waals surface area contributed by atoms with Gasteiger partial charge in [-0.1, -0.05) is 13.8 Å². The second-order valence-electron chi connectivity index (χ2n) is 4.73. The summed E-state index contributed by atoms with van der Waals surface area (Å²) in [5.41, 5.74) is -1.90. The number of rotatable bonds is 5. The Hall–Kier alpha value is -2.38. The lowest BCUT2D eigenvalue weighted by atomic mass is 9.81. The van der Waals surface area contributed by atoms with Gasteiger partial charge in [-0.2, -0.15) is 0 Å². The maximum absolute atomic E-state index is 12.3. The van der Waals surface area contributed by atoms with Gasteiger partial charge in [0.1, 0.15) is 16.8 Å². The normalized spacial score (nSPS) is 11.8. The molecule has 0 atom stereocenters. The Bertz CT molecular complexity index is 766. The lowest BCUT2D eigenvalue weighted by molar-refractivity contribution is -0.150. The molecule has 0 saturated heterocycles. The Morgan fingerprint density at radius 3 is 2.38 bits per heavy atom. The SMILES string of the molecule is CCOC(=O)C(CC)(CC)c1nc2[nH]c(=O)[nH]c(=O)c2[nH]1. The highest BCUT2D eigenvalue weighted by atomic mass is 16.5. The fraction of sp³-hybridized carbons (Fsp3) is 0.538. The molecule has 2 heterocycles. The first-order chi connectivity index (χ1) is 9.98. The smallest absolute Gasteiger partial charge is 0.327 e. The van der Waals surface area contributed by atoms with Crippen LogP contribution in [-0.2, 0) is 14.9 Å². The van der Waals surface area contributed by atoms with E-state index in [2.05, 4.69) is 19.9 Å². The molecule has 0 amide bonds. The van der Waals surface area contributed by atoms with Gasteiger partial charge in [-0.05, 0) is 19.8 Å². The molecule has 3 N–H and O–H groups in total. The third kappa shape index (κ3) is 2.37. The summed E-state index contributed by atoms with van der Waals surface area (Å²) in [6.45, 7) is 5.69. The van der Waals surface area contributed by atoms with E-state index in [1.807, 2.05) is 13.8 Å². The van der Waals surface area contributed by atoms with Crippen LogP contribution in [0.15, 0.2) is 9.59 Å². The third-order valence-corrected chi connectivity index (χ3v) is 3.72. The molecule has 8 nitrogen and oxygen atoms in total. The topological polar surface area (TPSA) is 121 Å². The maximum Gasteiger partial charge on any atom is 0.327 e. The number of imidazole rings is 1. The second kappa shape index (κ2) is 5.55. The predicted molar refractivity (Wildman–Crippen MR) is 76.2 cm³/mol. The van der Waals surface area contributed by atoms with Crippen LogP contribution in [0.4, 0.5) is 0 Å². The van der Waals surface area contributed by atoms with Crippen molar-refractivity contribution >= 4 is 17.1 Å². The highest BCUT2D eigenvalue weighted by Crippen LogP contribution is 2.31. The first-order valence-electron chi connectivity index (χ1n) is 6.88. The van der Waals surface area contributed by atoms with Crippen LogP contribution in [0, 0.1) is 0 Å².